The summed E-state index contributed by atoms with van der Waals surface area (Å²) in [6.07, 6.45) is 1.93. The van der Waals surface area contributed by atoms with Crippen molar-refractivity contribution in [2.24, 2.45) is 0 Å². The molecule has 0 bridgehead atoms. The van der Waals surface area contributed by atoms with Crippen LogP contribution < -0.4 is 0 Å². The molecule has 1 atom stereocenters. The predicted octanol–water partition coefficient (Wildman–Crippen LogP) is -0.694. The molecule has 1 heterocycles. The second kappa shape index (κ2) is 4.08. The van der Waals surface area contributed by atoms with Gasteiger partial charge in [-0.25, -0.2) is 16.8 Å². The molecule has 1 fully saturated rings. The van der Waals surface area contributed by atoms with Gasteiger partial charge in [0.2, 0.25) is 10.0 Å². The maximum absolute atomic E-state index is 11.6. The molecule has 0 aromatic rings. The lowest BCUT2D eigenvalue weighted by molar-refractivity contribution is 0.440. The largest absolute Gasteiger partial charge is 0.229 e. The number of rotatable bonds is 3. The lowest BCUT2D eigenvalue weighted by atomic mass is 10.2. The number of nitriles is 1. The molecule has 0 aromatic heterocycles. The van der Waals surface area contributed by atoms with Crippen molar-refractivity contribution in [3.8, 4) is 6.07 Å². The van der Waals surface area contributed by atoms with E-state index in [4.69, 9.17) is 5.26 Å². The maximum atomic E-state index is 11.6. The Balaban J connectivity index is 2.93. The summed E-state index contributed by atoms with van der Waals surface area (Å²) in [7, 11) is -7.45. The molecule has 15 heavy (non-hydrogen) atoms. The van der Waals surface area contributed by atoms with Crippen LogP contribution in [0.25, 0.3) is 0 Å². The molecule has 1 rings (SSSR count). The number of hydrogen-bond donors (Lipinski definition) is 0. The van der Waals surface area contributed by atoms with Crippen molar-refractivity contribution < 1.29 is 16.8 Å². The van der Waals surface area contributed by atoms with E-state index in [0.29, 0.717) is 12.8 Å². The van der Waals surface area contributed by atoms with Gasteiger partial charge in [-0.2, -0.15) is 9.57 Å². The van der Waals surface area contributed by atoms with Crippen molar-refractivity contribution in [2.45, 2.75) is 18.9 Å². The lowest BCUT2D eigenvalue weighted by Crippen LogP contribution is -2.38. The molecule has 1 aliphatic heterocycles. The highest BCUT2D eigenvalue weighted by molar-refractivity contribution is 8.06. The molecule has 1 aliphatic rings. The second-order valence-corrected chi connectivity index (χ2v) is 7.98. The van der Waals surface area contributed by atoms with Gasteiger partial charge in [0.05, 0.1) is 6.07 Å². The summed E-state index contributed by atoms with van der Waals surface area (Å²) in [4.78, 5) is 0. The standard InChI is InChI=1S/C7H12N2O4S2/c1-14(10,11)6-15(12,13)9-4-2-3-7(9)5-8/h7H,2-4,6H2,1H3. The lowest BCUT2D eigenvalue weighted by Gasteiger charge is -2.18. The fourth-order valence-electron chi connectivity index (χ4n) is 1.54. The van der Waals surface area contributed by atoms with Gasteiger partial charge >= 0.3 is 0 Å². The molecule has 86 valence electrons. The van der Waals surface area contributed by atoms with Crippen LogP contribution in [-0.4, -0.2) is 45.1 Å². The molecule has 1 unspecified atom stereocenters. The van der Waals surface area contributed by atoms with Crippen LogP contribution in [-0.2, 0) is 19.9 Å². The minimum Gasteiger partial charge on any atom is -0.228 e. The van der Waals surface area contributed by atoms with Gasteiger partial charge in [0.25, 0.3) is 0 Å². The quantitative estimate of drug-likeness (QED) is 0.662. The highest BCUT2D eigenvalue weighted by atomic mass is 32.3. The Hall–Kier alpha value is -0.650. The Morgan fingerprint density at radius 3 is 2.47 bits per heavy atom. The third-order valence-electron chi connectivity index (χ3n) is 2.07. The highest BCUT2D eigenvalue weighted by Gasteiger charge is 2.35. The SMILES string of the molecule is CS(=O)(=O)CS(=O)(=O)N1CCCC1C#N. The van der Waals surface area contributed by atoms with Crippen molar-refractivity contribution in [1.29, 1.82) is 5.26 Å². The first-order valence-corrected chi connectivity index (χ1v) is 8.00. The zero-order valence-electron chi connectivity index (χ0n) is 8.25. The second-order valence-electron chi connectivity index (χ2n) is 3.55. The van der Waals surface area contributed by atoms with Crippen molar-refractivity contribution in [3.63, 3.8) is 0 Å². The predicted molar refractivity (Wildman–Crippen MR) is 54.0 cm³/mol. The Labute approximate surface area is 89.5 Å². The minimum atomic E-state index is -3.86. The molecule has 0 spiro atoms. The zero-order valence-corrected chi connectivity index (χ0v) is 9.88. The monoisotopic (exact) mass is 252 g/mol. The summed E-state index contributed by atoms with van der Waals surface area (Å²) in [6, 6.07) is 1.15. The summed E-state index contributed by atoms with van der Waals surface area (Å²) in [6.45, 7) is 0.232. The third-order valence-corrected chi connectivity index (χ3v) is 6.13. The van der Waals surface area contributed by atoms with E-state index in [1.807, 2.05) is 6.07 Å². The van der Waals surface area contributed by atoms with Gasteiger partial charge in [-0.05, 0) is 12.8 Å². The van der Waals surface area contributed by atoms with E-state index in [-0.39, 0.29) is 6.54 Å². The average Bonchev–Trinajstić information content (AvgIpc) is 2.46. The van der Waals surface area contributed by atoms with E-state index in [9.17, 15) is 16.8 Å². The van der Waals surface area contributed by atoms with Gasteiger partial charge in [0, 0.05) is 12.8 Å². The molecule has 0 amide bonds. The van der Waals surface area contributed by atoms with E-state index in [1.165, 1.54) is 0 Å². The molecule has 8 heteroatoms. The fraction of sp³-hybridized carbons (Fsp3) is 0.857. The smallest absolute Gasteiger partial charge is 0.228 e. The first kappa shape index (κ1) is 12.4. The molecule has 0 aromatic carbocycles. The number of nitrogens with zero attached hydrogens (tertiary/aromatic N) is 2. The molecule has 0 N–H and O–H groups in total. The van der Waals surface area contributed by atoms with Crippen LogP contribution in [0.4, 0.5) is 0 Å². The van der Waals surface area contributed by atoms with Gasteiger partial charge in [-0.3, -0.25) is 0 Å². The van der Waals surface area contributed by atoms with Gasteiger partial charge in [-0.1, -0.05) is 0 Å². The zero-order chi connectivity index (χ0) is 11.7. The van der Waals surface area contributed by atoms with Crippen LogP contribution in [0.1, 0.15) is 12.8 Å². The summed E-state index contributed by atoms with van der Waals surface area (Å²) >= 11 is 0. The molecular formula is C7H12N2O4S2. The highest BCUT2D eigenvalue weighted by Crippen LogP contribution is 2.21. The van der Waals surface area contributed by atoms with Crippen molar-refractivity contribution >= 4 is 19.9 Å². The van der Waals surface area contributed by atoms with Gasteiger partial charge in [0.1, 0.15) is 6.04 Å². The van der Waals surface area contributed by atoms with Crippen LogP contribution >= 0.6 is 0 Å². The summed E-state index contributed by atoms with van der Waals surface area (Å²) in [5.41, 5.74) is 0. The normalized spacial score (nSPS) is 23.9. The van der Waals surface area contributed by atoms with Crippen molar-refractivity contribution in [1.82, 2.24) is 4.31 Å². The van der Waals surface area contributed by atoms with Gasteiger partial charge < -0.3 is 0 Å². The van der Waals surface area contributed by atoms with E-state index in [2.05, 4.69) is 0 Å². The fourth-order valence-corrected chi connectivity index (χ4v) is 5.19. The van der Waals surface area contributed by atoms with Gasteiger partial charge in [0.15, 0.2) is 14.9 Å². The van der Waals surface area contributed by atoms with E-state index >= 15 is 0 Å². The van der Waals surface area contributed by atoms with Crippen molar-refractivity contribution in [3.05, 3.63) is 0 Å². The minimum absolute atomic E-state index is 0.232. The molecule has 0 aliphatic carbocycles. The van der Waals surface area contributed by atoms with E-state index in [1.54, 1.807) is 0 Å². The van der Waals surface area contributed by atoms with Crippen LogP contribution in [0.2, 0.25) is 0 Å². The van der Waals surface area contributed by atoms with E-state index < -0.39 is 31.0 Å². The van der Waals surface area contributed by atoms with Crippen LogP contribution in [0.3, 0.4) is 0 Å². The van der Waals surface area contributed by atoms with E-state index in [0.717, 1.165) is 10.6 Å². The molecule has 0 saturated carbocycles. The topological polar surface area (TPSA) is 95.3 Å². The summed E-state index contributed by atoms with van der Waals surface area (Å²) < 4.78 is 46.0. The van der Waals surface area contributed by atoms with Crippen LogP contribution in [0.15, 0.2) is 0 Å². The molecule has 6 nitrogen and oxygen atoms in total. The summed E-state index contributed by atoms with van der Waals surface area (Å²) in [5.74, 6) is 0. The third kappa shape index (κ3) is 3.15. The summed E-state index contributed by atoms with van der Waals surface area (Å²) in [5, 5.41) is 7.77. The number of hydrogen-bond acceptors (Lipinski definition) is 5. The van der Waals surface area contributed by atoms with Gasteiger partial charge in [-0.15, -0.1) is 0 Å². The first-order chi connectivity index (χ1) is 6.76. The Kier molecular flexibility index (Phi) is 3.38. The van der Waals surface area contributed by atoms with Crippen LogP contribution in [0, 0.1) is 11.3 Å². The average molecular weight is 252 g/mol. The molecular weight excluding hydrogens is 240 g/mol. The maximum Gasteiger partial charge on any atom is 0.229 e. The number of sulfone groups is 1. The molecule has 1 saturated heterocycles. The van der Waals surface area contributed by atoms with Crippen molar-refractivity contribution in [2.75, 3.05) is 17.9 Å². The molecule has 0 radical (unpaired) electrons. The van der Waals surface area contributed by atoms with Crippen LogP contribution in [0.5, 0.6) is 0 Å². The number of sulfonamides is 1. The Bertz CT molecular complexity index is 474. The first-order valence-electron chi connectivity index (χ1n) is 4.33. The Morgan fingerprint density at radius 1 is 1.40 bits per heavy atom. The Morgan fingerprint density at radius 2 is 2.00 bits per heavy atom.